The highest BCUT2D eigenvalue weighted by Crippen LogP contribution is 2.29. The normalized spacial score (nSPS) is 18.1. The van der Waals surface area contributed by atoms with Crippen molar-refractivity contribution in [2.45, 2.75) is 24.7 Å². The molecule has 0 spiro atoms. The third-order valence-electron chi connectivity index (χ3n) is 5.16. The van der Waals surface area contributed by atoms with Crippen LogP contribution >= 0.6 is 11.6 Å². The Kier molecular flexibility index (Phi) is 5.33. The van der Waals surface area contributed by atoms with Gasteiger partial charge in [-0.1, -0.05) is 30.7 Å². The molecule has 7 nitrogen and oxygen atoms in total. The van der Waals surface area contributed by atoms with Crippen LogP contribution in [0.1, 0.15) is 30.1 Å². The number of nitrogens with one attached hydrogen (secondary N) is 2. The Balaban J connectivity index is 1.64. The standard InChI is InChI=1S/C20H21ClN4O3S/c1-13-4-3-9-25(12-13)29(27,28)18-10-14(7-8-16(18)21)20(26)23-17-6-2-5-15-11-22-24-19(15)17/h2,5-8,10-11,13H,3-4,9,12H2,1H3,(H,22,24)(H,23,26). The van der Waals surface area contributed by atoms with Gasteiger partial charge >= 0.3 is 0 Å². The van der Waals surface area contributed by atoms with Crippen LogP contribution < -0.4 is 5.32 Å². The summed E-state index contributed by atoms with van der Waals surface area (Å²) >= 11 is 6.21. The number of anilines is 1. The van der Waals surface area contributed by atoms with Crippen LogP contribution in [-0.4, -0.2) is 41.9 Å². The minimum atomic E-state index is -3.77. The second kappa shape index (κ2) is 7.78. The Morgan fingerprint density at radius 3 is 2.93 bits per heavy atom. The summed E-state index contributed by atoms with van der Waals surface area (Å²) < 4.78 is 27.7. The number of carbonyl (C=O) groups excluding carboxylic acids is 1. The highest BCUT2D eigenvalue weighted by Gasteiger charge is 2.31. The van der Waals surface area contributed by atoms with Crippen molar-refractivity contribution in [3.8, 4) is 0 Å². The van der Waals surface area contributed by atoms with E-state index >= 15 is 0 Å². The number of rotatable bonds is 4. The number of hydrogen-bond donors (Lipinski definition) is 2. The number of piperidine rings is 1. The first-order valence-electron chi connectivity index (χ1n) is 9.39. The van der Waals surface area contributed by atoms with Crippen molar-refractivity contribution in [2.24, 2.45) is 5.92 Å². The van der Waals surface area contributed by atoms with Gasteiger partial charge in [-0.2, -0.15) is 9.40 Å². The minimum absolute atomic E-state index is 0.0411. The number of nitrogens with zero attached hydrogens (tertiary/aromatic N) is 2. The molecule has 1 fully saturated rings. The molecule has 9 heteroatoms. The van der Waals surface area contributed by atoms with E-state index in [1.165, 1.54) is 22.5 Å². The van der Waals surface area contributed by atoms with Gasteiger partial charge in [-0.15, -0.1) is 0 Å². The molecule has 2 aromatic carbocycles. The van der Waals surface area contributed by atoms with Gasteiger partial charge in [0.15, 0.2) is 0 Å². The smallest absolute Gasteiger partial charge is 0.255 e. The van der Waals surface area contributed by atoms with Crippen molar-refractivity contribution in [1.29, 1.82) is 0 Å². The molecule has 29 heavy (non-hydrogen) atoms. The number of para-hydroxylation sites is 1. The summed E-state index contributed by atoms with van der Waals surface area (Å²) in [5.74, 6) is -0.133. The first-order valence-corrected chi connectivity index (χ1v) is 11.2. The molecule has 1 saturated heterocycles. The van der Waals surface area contributed by atoms with Gasteiger partial charge in [0.25, 0.3) is 5.91 Å². The Labute approximate surface area is 174 Å². The van der Waals surface area contributed by atoms with Crippen LogP contribution in [0.3, 0.4) is 0 Å². The first-order chi connectivity index (χ1) is 13.9. The summed E-state index contributed by atoms with van der Waals surface area (Å²) in [6, 6.07) is 9.75. The van der Waals surface area contributed by atoms with E-state index in [0.717, 1.165) is 18.2 Å². The molecule has 0 bridgehead atoms. The van der Waals surface area contributed by atoms with Crippen LogP contribution in [0.5, 0.6) is 0 Å². The number of carbonyl (C=O) groups is 1. The molecule has 1 amide bonds. The van der Waals surface area contributed by atoms with Crippen LogP contribution in [0.15, 0.2) is 47.5 Å². The minimum Gasteiger partial charge on any atom is -0.320 e. The molecule has 3 aromatic rings. The molecule has 1 aliphatic rings. The summed E-state index contributed by atoms with van der Waals surface area (Å²) in [6.07, 6.45) is 3.48. The number of halogens is 1. The number of H-pyrrole nitrogens is 1. The number of benzene rings is 2. The second-order valence-corrected chi connectivity index (χ2v) is 9.66. The molecule has 0 radical (unpaired) electrons. The van der Waals surface area contributed by atoms with Crippen molar-refractivity contribution in [1.82, 2.24) is 14.5 Å². The lowest BCUT2D eigenvalue weighted by Crippen LogP contribution is -2.39. The number of sulfonamides is 1. The Morgan fingerprint density at radius 2 is 2.14 bits per heavy atom. The lowest BCUT2D eigenvalue weighted by atomic mass is 10.0. The summed E-state index contributed by atoms with van der Waals surface area (Å²) in [4.78, 5) is 12.8. The Bertz CT molecular complexity index is 1180. The van der Waals surface area contributed by atoms with Gasteiger partial charge in [0.05, 0.1) is 22.4 Å². The van der Waals surface area contributed by atoms with Gasteiger partial charge in [0.2, 0.25) is 10.0 Å². The maximum atomic E-state index is 13.1. The van der Waals surface area contributed by atoms with Crippen LogP contribution in [0.25, 0.3) is 10.9 Å². The summed E-state index contributed by atoms with van der Waals surface area (Å²) in [7, 11) is -3.77. The van der Waals surface area contributed by atoms with Crippen molar-refractivity contribution in [3.63, 3.8) is 0 Å². The van der Waals surface area contributed by atoms with Crippen molar-refractivity contribution >= 4 is 44.1 Å². The Hall–Kier alpha value is -2.42. The SMILES string of the molecule is CC1CCCN(S(=O)(=O)c2cc(C(=O)Nc3cccc4cn[nH]c34)ccc2Cl)C1. The van der Waals surface area contributed by atoms with E-state index in [4.69, 9.17) is 11.6 Å². The molecule has 4 rings (SSSR count). The van der Waals surface area contributed by atoms with E-state index in [1.807, 2.05) is 19.1 Å². The van der Waals surface area contributed by atoms with E-state index in [1.54, 1.807) is 12.3 Å². The molecule has 0 aliphatic carbocycles. The average molecular weight is 433 g/mol. The molecule has 1 aromatic heterocycles. The van der Waals surface area contributed by atoms with E-state index in [-0.39, 0.29) is 15.5 Å². The van der Waals surface area contributed by atoms with Gasteiger partial charge in [0.1, 0.15) is 4.90 Å². The van der Waals surface area contributed by atoms with Gasteiger partial charge in [0, 0.05) is 24.0 Å². The van der Waals surface area contributed by atoms with Crippen LogP contribution in [0, 0.1) is 5.92 Å². The molecule has 1 unspecified atom stereocenters. The molecule has 1 aliphatic heterocycles. The quantitative estimate of drug-likeness (QED) is 0.653. The average Bonchev–Trinajstić information content (AvgIpc) is 3.18. The van der Waals surface area contributed by atoms with Crippen LogP contribution in [0.2, 0.25) is 5.02 Å². The zero-order chi connectivity index (χ0) is 20.6. The lowest BCUT2D eigenvalue weighted by molar-refractivity contribution is 0.102. The van der Waals surface area contributed by atoms with Crippen molar-refractivity contribution < 1.29 is 13.2 Å². The molecular formula is C20H21ClN4O3S. The van der Waals surface area contributed by atoms with E-state index in [2.05, 4.69) is 15.5 Å². The van der Waals surface area contributed by atoms with Gasteiger partial charge in [-0.3, -0.25) is 9.89 Å². The predicted molar refractivity (Wildman–Crippen MR) is 113 cm³/mol. The maximum absolute atomic E-state index is 13.1. The number of amides is 1. The molecule has 2 N–H and O–H groups in total. The third kappa shape index (κ3) is 3.88. The maximum Gasteiger partial charge on any atom is 0.255 e. The first kappa shape index (κ1) is 19.9. The lowest BCUT2D eigenvalue weighted by Gasteiger charge is -2.30. The molecule has 2 heterocycles. The number of fused-ring (bicyclic) bond motifs is 1. The molecular weight excluding hydrogens is 412 g/mol. The summed E-state index contributed by atoms with van der Waals surface area (Å²) in [5, 5.41) is 10.6. The van der Waals surface area contributed by atoms with Crippen LogP contribution in [-0.2, 0) is 10.0 Å². The zero-order valence-electron chi connectivity index (χ0n) is 15.9. The fourth-order valence-electron chi connectivity index (χ4n) is 3.61. The van der Waals surface area contributed by atoms with Gasteiger partial charge in [-0.05, 0) is 43.0 Å². The van der Waals surface area contributed by atoms with E-state index in [0.29, 0.717) is 30.2 Å². The highest BCUT2D eigenvalue weighted by molar-refractivity contribution is 7.89. The molecule has 152 valence electrons. The largest absolute Gasteiger partial charge is 0.320 e. The Morgan fingerprint density at radius 1 is 1.31 bits per heavy atom. The number of hydrogen-bond acceptors (Lipinski definition) is 4. The fraction of sp³-hybridized carbons (Fsp3) is 0.300. The summed E-state index contributed by atoms with van der Waals surface area (Å²) in [6.45, 7) is 2.95. The van der Waals surface area contributed by atoms with E-state index < -0.39 is 15.9 Å². The predicted octanol–water partition coefficient (Wildman–Crippen LogP) is 3.89. The molecule has 1 atom stereocenters. The number of aromatic amines is 1. The van der Waals surface area contributed by atoms with E-state index in [9.17, 15) is 13.2 Å². The summed E-state index contributed by atoms with van der Waals surface area (Å²) in [5.41, 5.74) is 1.48. The number of aromatic nitrogens is 2. The van der Waals surface area contributed by atoms with Crippen molar-refractivity contribution in [2.75, 3.05) is 18.4 Å². The third-order valence-corrected chi connectivity index (χ3v) is 7.50. The fourth-order valence-corrected chi connectivity index (χ4v) is 5.71. The second-order valence-electron chi connectivity index (χ2n) is 7.35. The van der Waals surface area contributed by atoms with Crippen molar-refractivity contribution in [3.05, 3.63) is 53.2 Å². The monoisotopic (exact) mass is 432 g/mol. The van der Waals surface area contributed by atoms with Crippen LogP contribution in [0.4, 0.5) is 5.69 Å². The van der Waals surface area contributed by atoms with Gasteiger partial charge in [-0.25, -0.2) is 8.42 Å². The topological polar surface area (TPSA) is 95.2 Å². The van der Waals surface area contributed by atoms with Gasteiger partial charge < -0.3 is 5.32 Å². The zero-order valence-corrected chi connectivity index (χ0v) is 17.4. The molecule has 0 saturated carbocycles. The highest BCUT2D eigenvalue weighted by atomic mass is 35.5.